The van der Waals surface area contributed by atoms with Crippen molar-refractivity contribution in [1.82, 2.24) is 0 Å². The molecule has 0 aliphatic rings. The highest BCUT2D eigenvalue weighted by Gasteiger charge is 2.18. The number of hydrogen-bond donors (Lipinski definition) is 0. The van der Waals surface area contributed by atoms with Gasteiger partial charge in [0.1, 0.15) is 0 Å². The molecular weight excluding hydrogens is 328 g/mol. The van der Waals surface area contributed by atoms with Gasteiger partial charge in [-0.25, -0.2) is 4.79 Å². The first-order chi connectivity index (χ1) is 11.6. The molecule has 122 valence electrons. The van der Waals surface area contributed by atoms with Gasteiger partial charge in [-0.2, -0.15) is 5.26 Å². The Morgan fingerprint density at radius 3 is 2.42 bits per heavy atom. The molecule has 0 N–H and O–H groups in total. The van der Waals surface area contributed by atoms with Crippen molar-refractivity contribution in [2.24, 2.45) is 0 Å². The summed E-state index contributed by atoms with van der Waals surface area (Å²) >= 11 is 5.93. The number of nitrogens with zero attached hydrogens (tertiary/aromatic N) is 2. The lowest BCUT2D eigenvalue weighted by atomic mass is 10.2. The molecule has 2 aromatic carbocycles. The molecule has 0 radical (unpaired) electrons. The fraction of sp³-hybridized carbons (Fsp3) is 0.167. The van der Waals surface area contributed by atoms with Crippen molar-refractivity contribution in [3.8, 4) is 6.07 Å². The maximum atomic E-state index is 12.4. The van der Waals surface area contributed by atoms with E-state index in [-0.39, 0.29) is 23.6 Å². The van der Waals surface area contributed by atoms with Gasteiger partial charge in [0.15, 0.2) is 6.61 Å². The molecule has 0 aliphatic heterocycles. The van der Waals surface area contributed by atoms with Crippen molar-refractivity contribution in [1.29, 1.82) is 5.26 Å². The van der Waals surface area contributed by atoms with Gasteiger partial charge in [-0.05, 0) is 24.3 Å². The number of amides is 1. The summed E-state index contributed by atoms with van der Waals surface area (Å²) in [7, 11) is 0. The third kappa shape index (κ3) is 4.58. The summed E-state index contributed by atoms with van der Waals surface area (Å²) in [6, 6.07) is 17.4. The molecule has 5 nitrogen and oxygen atoms in total. The second kappa shape index (κ2) is 8.70. The number of carbonyl (C=O) groups is 2. The molecule has 1 amide bonds. The molecule has 24 heavy (non-hydrogen) atoms. The van der Waals surface area contributed by atoms with Crippen molar-refractivity contribution >= 4 is 29.2 Å². The van der Waals surface area contributed by atoms with Crippen LogP contribution in [0.2, 0.25) is 5.02 Å². The number of nitriles is 1. The number of benzene rings is 2. The molecule has 0 atom stereocenters. The van der Waals surface area contributed by atoms with E-state index < -0.39 is 18.5 Å². The Kier molecular flexibility index (Phi) is 6.35. The highest BCUT2D eigenvalue weighted by atomic mass is 35.5. The lowest BCUT2D eigenvalue weighted by Gasteiger charge is -2.21. The van der Waals surface area contributed by atoms with E-state index in [1.165, 1.54) is 11.0 Å². The number of rotatable bonds is 6. The van der Waals surface area contributed by atoms with Gasteiger partial charge in [0.05, 0.1) is 23.1 Å². The van der Waals surface area contributed by atoms with E-state index in [4.69, 9.17) is 21.6 Å². The van der Waals surface area contributed by atoms with E-state index in [1.807, 2.05) is 12.1 Å². The number of anilines is 1. The Morgan fingerprint density at radius 1 is 1.08 bits per heavy atom. The van der Waals surface area contributed by atoms with Crippen LogP contribution in [0.1, 0.15) is 16.8 Å². The van der Waals surface area contributed by atoms with Gasteiger partial charge in [-0.1, -0.05) is 41.9 Å². The van der Waals surface area contributed by atoms with Crippen LogP contribution >= 0.6 is 11.6 Å². The summed E-state index contributed by atoms with van der Waals surface area (Å²) in [6.45, 7) is -0.201. The molecule has 0 unspecified atom stereocenters. The third-order valence-electron chi connectivity index (χ3n) is 3.24. The standard InChI is InChI=1S/C18H15ClN2O3/c19-16-10-5-4-9-15(16)18(23)24-13-17(22)21(12-6-11-20)14-7-2-1-3-8-14/h1-5,7-10H,6,12-13H2. The predicted molar refractivity (Wildman–Crippen MR) is 90.8 cm³/mol. The Bertz CT molecular complexity index is 756. The molecule has 0 aliphatic carbocycles. The van der Waals surface area contributed by atoms with Gasteiger partial charge in [0, 0.05) is 12.2 Å². The van der Waals surface area contributed by atoms with Crippen molar-refractivity contribution in [3.05, 3.63) is 65.2 Å². The lowest BCUT2D eigenvalue weighted by molar-refractivity contribution is -0.121. The van der Waals surface area contributed by atoms with Crippen molar-refractivity contribution < 1.29 is 14.3 Å². The highest BCUT2D eigenvalue weighted by molar-refractivity contribution is 6.33. The summed E-state index contributed by atoms with van der Waals surface area (Å²) < 4.78 is 5.06. The van der Waals surface area contributed by atoms with E-state index in [0.717, 1.165) is 0 Å². The molecular formula is C18H15ClN2O3. The van der Waals surface area contributed by atoms with E-state index in [2.05, 4.69) is 0 Å². The minimum Gasteiger partial charge on any atom is -0.452 e. The summed E-state index contributed by atoms with van der Waals surface area (Å²) in [6.07, 6.45) is 0.180. The number of esters is 1. The monoisotopic (exact) mass is 342 g/mol. The third-order valence-corrected chi connectivity index (χ3v) is 3.57. The topological polar surface area (TPSA) is 70.4 Å². The quantitative estimate of drug-likeness (QED) is 0.754. The van der Waals surface area contributed by atoms with Gasteiger partial charge in [-0.3, -0.25) is 4.79 Å². The number of carbonyl (C=O) groups excluding carboxylic acids is 2. The minimum atomic E-state index is -0.665. The Labute approximate surface area is 145 Å². The molecule has 2 rings (SSSR count). The fourth-order valence-corrected chi connectivity index (χ4v) is 2.29. The van der Waals surface area contributed by atoms with Crippen molar-refractivity contribution in [3.63, 3.8) is 0 Å². The van der Waals surface area contributed by atoms with Gasteiger partial charge in [0.25, 0.3) is 5.91 Å². The first-order valence-corrected chi connectivity index (χ1v) is 7.65. The number of hydrogen-bond acceptors (Lipinski definition) is 4. The molecule has 0 saturated heterocycles. The normalized spacial score (nSPS) is 9.83. The summed E-state index contributed by atoms with van der Waals surface area (Å²) in [5.41, 5.74) is 0.849. The van der Waals surface area contributed by atoms with Crippen LogP contribution in [-0.2, 0) is 9.53 Å². The molecule has 0 spiro atoms. The van der Waals surface area contributed by atoms with Gasteiger partial charge in [0.2, 0.25) is 0 Å². The van der Waals surface area contributed by atoms with Crippen LogP contribution < -0.4 is 4.90 Å². The minimum absolute atomic E-state index is 0.180. The molecule has 0 heterocycles. The van der Waals surface area contributed by atoms with Crippen LogP contribution in [0.3, 0.4) is 0 Å². The number of para-hydroxylation sites is 1. The average molecular weight is 343 g/mol. The Balaban J connectivity index is 2.04. The largest absolute Gasteiger partial charge is 0.452 e. The van der Waals surface area contributed by atoms with Crippen LogP contribution in [0.15, 0.2) is 54.6 Å². The van der Waals surface area contributed by atoms with E-state index in [0.29, 0.717) is 5.69 Å². The zero-order valence-corrected chi connectivity index (χ0v) is 13.6. The van der Waals surface area contributed by atoms with E-state index in [9.17, 15) is 9.59 Å². The highest BCUT2D eigenvalue weighted by Crippen LogP contribution is 2.17. The van der Waals surface area contributed by atoms with Crippen LogP contribution in [0, 0.1) is 11.3 Å². The van der Waals surface area contributed by atoms with Gasteiger partial charge >= 0.3 is 5.97 Å². The summed E-state index contributed by atoms with van der Waals surface area (Å²) in [5, 5.41) is 9.02. The maximum Gasteiger partial charge on any atom is 0.340 e. The molecule has 6 heteroatoms. The Morgan fingerprint density at radius 2 is 1.75 bits per heavy atom. The Hall–Kier alpha value is -2.84. The second-order valence-electron chi connectivity index (χ2n) is 4.85. The van der Waals surface area contributed by atoms with Crippen LogP contribution in [0.5, 0.6) is 0 Å². The number of halogens is 1. The fourth-order valence-electron chi connectivity index (χ4n) is 2.08. The molecule has 0 fully saturated rings. The summed E-state index contributed by atoms with van der Waals surface area (Å²) in [4.78, 5) is 25.8. The average Bonchev–Trinajstić information content (AvgIpc) is 2.61. The zero-order chi connectivity index (χ0) is 17.4. The summed E-state index contributed by atoms with van der Waals surface area (Å²) in [5.74, 6) is -1.07. The van der Waals surface area contributed by atoms with Crippen molar-refractivity contribution in [2.75, 3.05) is 18.1 Å². The van der Waals surface area contributed by atoms with Crippen LogP contribution in [-0.4, -0.2) is 25.0 Å². The van der Waals surface area contributed by atoms with Gasteiger partial charge < -0.3 is 9.64 Å². The number of ether oxygens (including phenoxy) is 1. The molecule has 0 saturated carbocycles. The molecule has 0 aromatic heterocycles. The molecule has 0 bridgehead atoms. The lowest BCUT2D eigenvalue weighted by Crippen LogP contribution is -2.35. The SMILES string of the molecule is N#CCCN(C(=O)COC(=O)c1ccccc1Cl)c1ccccc1. The van der Waals surface area contributed by atoms with Crippen LogP contribution in [0.4, 0.5) is 5.69 Å². The first kappa shape index (κ1) is 17.5. The van der Waals surface area contributed by atoms with Crippen molar-refractivity contribution in [2.45, 2.75) is 6.42 Å². The predicted octanol–water partition coefficient (Wildman–Crippen LogP) is 3.44. The van der Waals surface area contributed by atoms with E-state index in [1.54, 1.807) is 42.5 Å². The van der Waals surface area contributed by atoms with Gasteiger partial charge in [-0.15, -0.1) is 0 Å². The first-order valence-electron chi connectivity index (χ1n) is 7.27. The molecule has 2 aromatic rings. The van der Waals surface area contributed by atoms with E-state index >= 15 is 0 Å². The smallest absolute Gasteiger partial charge is 0.340 e. The maximum absolute atomic E-state index is 12.4. The second-order valence-corrected chi connectivity index (χ2v) is 5.25. The van der Waals surface area contributed by atoms with Crippen LogP contribution in [0.25, 0.3) is 0 Å². The zero-order valence-electron chi connectivity index (χ0n) is 12.8.